The maximum absolute atomic E-state index is 11.6. The fourth-order valence-corrected chi connectivity index (χ4v) is 3.21. The molecule has 0 saturated heterocycles. The van der Waals surface area contributed by atoms with Gasteiger partial charge in [0.1, 0.15) is 0 Å². The first kappa shape index (κ1) is 14.6. The Morgan fingerprint density at radius 1 is 1.09 bits per heavy atom. The van der Waals surface area contributed by atoms with E-state index in [1.807, 2.05) is 25.1 Å². The number of rotatable bonds is 5. The molecule has 0 N–H and O–H groups in total. The second-order valence-electron chi connectivity index (χ2n) is 5.63. The highest BCUT2D eigenvalue weighted by molar-refractivity contribution is 5.82. The molecule has 0 unspecified atom stereocenters. The van der Waals surface area contributed by atoms with Crippen LogP contribution in [0, 0.1) is 5.92 Å². The van der Waals surface area contributed by atoms with Crippen LogP contribution in [0.1, 0.15) is 24.5 Å². The van der Waals surface area contributed by atoms with Crippen molar-refractivity contribution in [1.29, 1.82) is 0 Å². The van der Waals surface area contributed by atoms with Crippen molar-refractivity contribution in [3.63, 3.8) is 0 Å². The molecule has 0 heterocycles. The topological polar surface area (TPSA) is 26.3 Å². The molecule has 1 fully saturated rings. The van der Waals surface area contributed by atoms with Crippen LogP contribution < -0.4 is 0 Å². The molecule has 0 aromatic heterocycles. The van der Waals surface area contributed by atoms with E-state index in [1.165, 1.54) is 11.1 Å². The molecule has 3 rings (SSSR count). The Bertz CT molecular complexity index is 619. The molecule has 1 aliphatic carbocycles. The maximum atomic E-state index is 11.6. The summed E-state index contributed by atoms with van der Waals surface area (Å²) >= 11 is 0. The van der Waals surface area contributed by atoms with Gasteiger partial charge in [-0.2, -0.15) is 0 Å². The lowest BCUT2D eigenvalue weighted by atomic mass is 9.85. The highest BCUT2D eigenvalue weighted by Crippen LogP contribution is 2.59. The Morgan fingerprint density at radius 2 is 1.64 bits per heavy atom. The number of esters is 1. The van der Waals surface area contributed by atoms with Gasteiger partial charge in [0.15, 0.2) is 0 Å². The van der Waals surface area contributed by atoms with E-state index in [1.54, 1.807) is 6.08 Å². The summed E-state index contributed by atoms with van der Waals surface area (Å²) in [7, 11) is 0. The van der Waals surface area contributed by atoms with Crippen LogP contribution in [0.15, 0.2) is 72.8 Å². The Balaban J connectivity index is 1.90. The van der Waals surface area contributed by atoms with Crippen LogP contribution in [0.5, 0.6) is 0 Å². The van der Waals surface area contributed by atoms with Crippen molar-refractivity contribution in [3.05, 3.63) is 83.9 Å². The smallest absolute Gasteiger partial charge is 0.330 e. The van der Waals surface area contributed by atoms with Crippen LogP contribution in [0.25, 0.3) is 0 Å². The minimum atomic E-state index is -0.260. The Kier molecular flexibility index (Phi) is 4.10. The second kappa shape index (κ2) is 6.18. The molecule has 0 bridgehead atoms. The minimum Gasteiger partial charge on any atom is -0.463 e. The van der Waals surface area contributed by atoms with Gasteiger partial charge < -0.3 is 4.74 Å². The number of ether oxygens (including phenoxy) is 1. The largest absolute Gasteiger partial charge is 0.463 e. The van der Waals surface area contributed by atoms with E-state index in [9.17, 15) is 4.79 Å². The SMILES string of the molecule is CCOC(=O)/C=C\[C@H]1CC1(c1ccccc1)c1ccccc1. The van der Waals surface area contributed by atoms with E-state index < -0.39 is 0 Å². The molecule has 1 saturated carbocycles. The van der Waals surface area contributed by atoms with E-state index >= 15 is 0 Å². The molecule has 22 heavy (non-hydrogen) atoms. The minimum absolute atomic E-state index is 0.00842. The lowest BCUT2D eigenvalue weighted by Crippen LogP contribution is -2.11. The number of hydrogen-bond donors (Lipinski definition) is 0. The first-order valence-corrected chi connectivity index (χ1v) is 7.73. The van der Waals surface area contributed by atoms with Crippen molar-refractivity contribution in [3.8, 4) is 0 Å². The summed E-state index contributed by atoms with van der Waals surface area (Å²) in [6.07, 6.45) is 4.59. The fraction of sp³-hybridized carbons (Fsp3) is 0.250. The summed E-state index contributed by atoms with van der Waals surface area (Å²) < 4.78 is 4.97. The zero-order chi connectivity index (χ0) is 15.4. The third-order valence-corrected chi connectivity index (χ3v) is 4.34. The van der Waals surface area contributed by atoms with E-state index in [0.29, 0.717) is 12.5 Å². The third-order valence-electron chi connectivity index (χ3n) is 4.34. The fourth-order valence-electron chi connectivity index (χ4n) is 3.21. The van der Waals surface area contributed by atoms with Crippen LogP contribution in [0.2, 0.25) is 0 Å². The molecule has 0 amide bonds. The van der Waals surface area contributed by atoms with Crippen LogP contribution in [-0.4, -0.2) is 12.6 Å². The molecule has 1 aliphatic rings. The van der Waals surface area contributed by atoms with Crippen LogP contribution >= 0.6 is 0 Å². The lowest BCUT2D eigenvalue weighted by Gasteiger charge is -2.18. The van der Waals surface area contributed by atoms with Gasteiger partial charge in [0.2, 0.25) is 0 Å². The van der Waals surface area contributed by atoms with E-state index in [2.05, 4.69) is 48.5 Å². The van der Waals surface area contributed by atoms with Gasteiger partial charge in [0.25, 0.3) is 0 Å². The number of carbonyl (C=O) groups is 1. The van der Waals surface area contributed by atoms with Gasteiger partial charge in [-0.3, -0.25) is 0 Å². The quantitative estimate of drug-likeness (QED) is 0.612. The van der Waals surface area contributed by atoms with Crippen molar-refractivity contribution in [2.75, 3.05) is 6.61 Å². The number of hydrogen-bond acceptors (Lipinski definition) is 2. The van der Waals surface area contributed by atoms with E-state index in [4.69, 9.17) is 4.74 Å². The first-order chi connectivity index (χ1) is 10.8. The molecule has 2 heteroatoms. The van der Waals surface area contributed by atoms with E-state index in [0.717, 1.165) is 6.42 Å². The summed E-state index contributed by atoms with van der Waals surface area (Å²) in [5.74, 6) is 0.0751. The van der Waals surface area contributed by atoms with Gasteiger partial charge in [-0.15, -0.1) is 0 Å². The van der Waals surface area contributed by atoms with Crippen molar-refractivity contribution in [2.24, 2.45) is 5.92 Å². The Labute approximate surface area is 131 Å². The molecule has 0 spiro atoms. The van der Waals surface area contributed by atoms with E-state index in [-0.39, 0.29) is 11.4 Å². The molecular weight excluding hydrogens is 272 g/mol. The normalized spacial score (nSPS) is 19.0. The predicted molar refractivity (Wildman–Crippen MR) is 87.5 cm³/mol. The van der Waals surface area contributed by atoms with Gasteiger partial charge >= 0.3 is 5.97 Å². The van der Waals surface area contributed by atoms with Crippen LogP contribution in [0.4, 0.5) is 0 Å². The maximum Gasteiger partial charge on any atom is 0.330 e. The van der Waals surface area contributed by atoms with Gasteiger partial charge in [-0.25, -0.2) is 4.79 Å². The molecule has 2 nitrogen and oxygen atoms in total. The van der Waals surface area contributed by atoms with Crippen molar-refractivity contribution < 1.29 is 9.53 Å². The number of benzene rings is 2. The summed E-state index contributed by atoms with van der Waals surface area (Å²) in [5.41, 5.74) is 2.60. The number of allylic oxidation sites excluding steroid dienone is 1. The summed E-state index contributed by atoms with van der Waals surface area (Å²) in [5, 5.41) is 0. The summed E-state index contributed by atoms with van der Waals surface area (Å²) in [6.45, 7) is 2.23. The average Bonchev–Trinajstić information content (AvgIpc) is 3.31. The summed E-state index contributed by atoms with van der Waals surface area (Å²) in [4.78, 5) is 11.6. The number of carbonyl (C=O) groups excluding carboxylic acids is 1. The first-order valence-electron chi connectivity index (χ1n) is 7.73. The monoisotopic (exact) mass is 292 g/mol. The zero-order valence-electron chi connectivity index (χ0n) is 12.7. The second-order valence-corrected chi connectivity index (χ2v) is 5.63. The van der Waals surface area contributed by atoms with Crippen molar-refractivity contribution in [2.45, 2.75) is 18.8 Å². The molecular formula is C20H20O2. The molecule has 0 aliphatic heterocycles. The van der Waals surface area contributed by atoms with Crippen LogP contribution in [0.3, 0.4) is 0 Å². The molecule has 2 aromatic carbocycles. The van der Waals surface area contributed by atoms with Gasteiger partial charge in [-0.05, 0) is 30.4 Å². The predicted octanol–water partition coefficient (Wildman–Crippen LogP) is 4.11. The molecule has 1 atom stereocenters. The van der Waals surface area contributed by atoms with Gasteiger partial charge in [0.05, 0.1) is 6.61 Å². The third kappa shape index (κ3) is 2.69. The standard InChI is InChI=1S/C20H20O2/c1-2-22-19(21)14-13-18-15-20(18,16-9-5-3-6-10-16)17-11-7-4-8-12-17/h3-14,18H,2,15H2,1H3/b14-13-/t18-/m0/s1. The lowest BCUT2D eigenvalue weighted by molar-refractivity contribution is -0.137. The Hall–Kier alpha value is -2.35. The summed E-state index contributed by atoms with van der Waals surface area (Å²) in [6, 6.07) is 21.1. The van der Waals surface area contributed by atoms with Crippen LogP contribution in [-0.2, 0) is 14.9 Å². The molecule has 112 valence electrons. The highest BCUT2D eigenvalue weighted by atomic mass is 16.5. The van der Waals surface area contributed by atoms with Crippen molar-refractivity contribution >= 4 is 5.97 Å². The average molecular weight is 292 g/mol. The van der Waals surface area contributed by atoms with Gasteiger partial charge in [0, 0.05) is 11.5 Å². The molecule has 2 aromatic rings. The highest BCUT2D eigenvalue weighted by Gasteiger charge is 2.54. The van der Waals surface area contributed by atoms with Gasteiger partial charge in [-0.1, -0.05) is 66.7 Å². The zero-order valence-corrected chi connectivity index (χ0v) is 12.7. The Morgan fingerprint density at radius 3 is 2.14 bits per heavy atom. The molecule has 0 radical (unpaired) electrons. The van der Waals surface area contributed by atoms with Crippen molar-refractivity contribution in [1.82, 2.24) is 0 Å².